The molecule has 1 aromatic carbocycles. The van der Waals surface area contributed by atoms with Crippen molar-refractivity contribution in [3.8, 4) is 0 Å². The molecule has 0 bridgehead atoms. The molecule has 1 aromatic rings. The lowest BCUT2D eigenvalue weighted by atomic mass is 9.89. The largest absolute Gasteiger partial charge is 0.329 e. The van der Waals surface area contributed by atoms with E-state index < -0.39 is 0 Å². The van der Waals surface area contributed by atoms with Gasteiger partial charge >= 0.3 is 0 Å². The Morgan fingerprint density at radius 2 is 1.85 bits per heavy atom. The van der Waals surface area contributed by atoms with Gasteiger partial charge in [-0.2, -0.15) is 0 Å². The van der Waals surface area contributed by atoms with Gasteiger partial charge < -0.3 is 5.73 Å². The highest BCUT2D eigenvalue weighted by molar-refractivity contribution is 9.10. The second-order valence-corrected chi connectivity index (χ2v) is 7.14. The van der Waals surface area contributed by atoms with Crippen LogP contribution in [0.2, 0.25) is 0 Å². The fourth-order valence-electron chi connectivity index (χ4n) is 3.63. The zero-order valence-corrected chi connectivity index (χ0v) is 14.3. The van der Waals surface area contributed by atoms with E-state index in [0.29, 0.717) is 6.54 Å². The zero-order chi connectivity index (χ0) is 14.6. The van der Waals surface area contributed by atoms with Gasteiger partial charge in [0.15, 0.2) is 0 Å². The summed E-state index contributed by atoms with van der Waals surface area (Å²) in [5, 5.41) is 0. The Labute approximate surface area is 131 Å². The molecule has 1 aliphatic carbocycles. The Morgan fingerprint density at radius 3 is 2.35 bits per heavy atom. The first-order chi connectivity index (χ1) is 9.59. The second-order valence-electron chi connectivity index (χ2n) is 6.23. The minimum atomic E-state index is 0.0670. The number of rotatable bonds is 6. The van der Waals surface area contributed by atoms with Crippen molar-refractivity contribution < 1.29 is 0 Å². The Kier molecular flexibility index (Phi) is 5.65. The van der Waals surface area contributed by atoms with Crippen molar-refractivity contribution >= 4 is 15.9 Å². The Balaban J connectivity index is 2.15. The van der Waals surface area contributed by atoms with Gasteiger partial charge in [-0.25, -0.2) is 0 Å². The summed E-state index contributed by atoms with van der Waals surface area (Å²) >= 11 is 3.50. The van der Waals surface area contributed by atoms with Gasteiger partial charge in [-0.1, -0.05) is 47.8 Å². The third-order valence-electron chi connectivity index (χ3n) is 4.74. The van der Waals surface area contributed by atoms with Crippen molar-refractivity contribution in [1.29, 1.82) is 0 Å². The molecule has 2 N–H and O–H groups in total. The molecule has 0 heterocycles. The van der Waals surface area contributed by atoms with Gasteiger partial charge in [0.2, 0.25) is 0 Å². The third-order valence-corrected chi connectivity index (χ3v) is 5.27. The van der Waals surface area contributed by atoms with Crippen molar-refractivity contribution in [2.45, 2.75) is 57.5 Å². The molecule has 3 heteroatoms. The van der Waals surface area contributed by atoms with Crippen molar-refractivity contribution in [2.24, 2.45) is 5.73 Å². The van der Waals surface area contributed by atoms with Gasteiger partial charge in [0.1, 0.15) is 0 Å². The Bertz CT molecular complexity index is 412. The Hall–Kier alpha value is -0.380. The second kappa shape index (κ2) is 7.06. The molecule has 0 aromatic heterocycles. The predicted octanol–water partition coefficient (Wildman–Crippen LogP) is 3.97. The molecular formula is C17H27BrN2. The maximum atomic E-state index is 6.18. The summed E-state index contributed by atoms with van der Waals surface area (Å²) < 4.78 is 1.14. The van der Waals surface area contributed by atoms with Gasteiger partial charge in [0, 0.05) is 22.6 Å². The molecule has 20 heavy (non-hydrogen) atoms. The predicted molar refractivity (Wildman–Crippen MR) is 89.9 cm³/mol. The minimum Gasteiger partial charge on any atom is -0.329 e. The normalized spacial score (nSPS) is 19.4. The number of hydrogen-bond donors (Lipinski definition) is 1. The third kappa shape index (κ3) is 3.63. The first-order valence-corrected chi connectivity index (χ1v) is 8.59. The summed E-state index contributed by atoms with van der Waals surface area (Å²) in [5.41, 5.74) is 7.62. The Morgan fingerprint density at radius 1 is 1.25 bits per heavy atom. The maximum absolute atomic E-state index is 6.18. The molecule has 0 spiro atoms. The maximum Gasteiger partial charge on any atom is 0.0346 e. The smallest absolute Gasteiger partial charge is 0.0346 e. The average molecular weight is 339 g/mol. The van der Waals surface area contributed by atoms with E-state index in [1.165, 1.54) is 31.2 Å². The van der Waals surface area contributed by atoms with Crippen LogP contribution in [0, 0.1) is 0 Å². The molecule has 0 radical (unpaired) electrons. The molecule has 2 rings (SSSR count). The summed E-state index contributed by atoms with van der Waals surface area (Å²) in [6.07, 6.45) is 6.45. The van der Waals surface area contributed by atoms with Gasteiger partial charge in [-0.3, -0.25) is 4.90 Å². The molecule has 0 aliphatic heterocycles. The molecule has 0 saturated heterocycles. The van der Waals surface area contributed by atoms with Crippen molar-refractivity contribution in [3.63, 3.8) is 0 Å². The number of benzene rings is 1. The van der Waals surface area contributed by atoms with E-state index in [2.05, 4.69) is 58.9 Å². The van der Waals surface area contributed by atoms with Crippen LogP contribution in [-0.2, 0) is 6.42 Å². The lowest BCUT2D eigenvalue weighted by Gasteiger charge is -2.44. The first-order valence-electron chi connectivity index (χ1n) is 7.80. The van der Waals surface area contributed by atoms with Crippen molar-refractivity contribution in [1.82, 2.24) is 4.90 Å². The number of nitrogens with two attached hydrogens (primary N) is 1. The van der Waals surface area contributed by atoms with Crippen LogP contribution in [0.4, 0.5) is 0 Å². The quantitative estimate of drug-likeness (QED) is 0.850. The standard InChI is InChI=1S/C17H27BrN2/c1-3-20(16-6-4-5-7-16)17(2,13-19)12-14-8-10-15(18)11-9-14/h8-11,16H,3-7,12-13,19H2,1-2H3. The van der Waals surface area contributed by atoms with Crippen LogP contribution in [0.3, 0.4) is 0 Å². The van der Waals surface area contributed by atoms with Gasteiger partial charge in [0.25, 0.3) is 0 Å². The number of hydrogen-bond acceptors (Lipinski definition) is 2. The van der Waals surface area contributed by atoms with Crippen molar-refractivity contribution in [2.75, 3.05) is 13.1 Å². The van der Waals surface area contributed by atoms with E-state index in [4.69, 9.17) is 5.73 Å². The van der Waals surface area contributed by atoms with E-state index in [1.807, 2.05) is 0 Å². The molecule has 2 nitrogen and oxygen atoms in total. The van der Waals surface area contributed by atoms with E-state index in [0.717, 1.165) is 23.5 Å². The number of halogens is 1. The van der Waals surface area contributed by atoms with Gasteiger partial charge in [0.05, 0.1) is 0 Å². The van der Waals surface area contributed by atoms with Crippen LogP contribution < -0.4 is 5.73 Å². The molecule has 1 fully saturated rings. The molecule has 112 valence electrons. The van der Waals surface area contributed by atoms with Crippen molar-refractivity contribution in [3.05, 3.63) is 34.3 Å². The molecular weight excluding hydrogens is 312 g/mol. The van der Waals surface area contributed by atoms with Crippen LogP contribution in [-0.4, -0.2) is 29.6 Å². The average Bonchev–Trinajstić information content (AvgIpc) is 2.96. The van der Waals surface area contributed by atoms with E-state index in [1.54, 1.807) is 0 Å². The van der Waals surface area contributed by atoms with Crippen LogP contribution in [0.15, 0.2) is 28.7 Å². The summed E-state index contributed by atoms with van der Waals surface area (Å²) in [5.74, 6) is 0. The highest BCUT2D eigenvalue weighted by Gasteiger charge is 2.35. The van der Waals surface area contributed by atoms with E-state index >= 15 is 0 Å². The highest BCUT2D eigenvalue weighted by atomic mass is 79.9. The van der Waals surface area contributed by atoms with Crippen LogP contribution in [0.5, 0.6) is 0 Å². The van der Waals surface area contributed by atoms with Gasteiger partial charge in [-0.05, 0) is 50.4 Å². The summed E-state index contributed by atoms with van der Waals surface area (Å²) in [4.78, 5) is 2.65. The SMILES string of the molecule is CCN(C1CCCC1)C(C)(CN)Cc1ccc(Br)cc1. The highest BCUT2D eigenvalue weighted by Crippen LogP contribution is 2.31. The van der Waals surface area contributed by atoms with Crippen LogP contribution in [0.1, 0.15) is 45.1 Å². The van der Waals surface area contributed by atoms with Gasteiger partial charge in [-0.15, -0.1) is 0 Å². The fraction of sp³-hybridized carbons (Fsp3) is 0.647. The number of nitrogens with zero attached hydrogens (tertiary/aromatic N) is 1. The zero-order valence-electron chi connectivity index (χ0n) is 12.7. The summed E-state index contributed by atoms with van der Waals surface area (Å²) in [6, 6.07) is 9.39. The summed E-state index contributed by atoms with van der Waals surface area (Å²) in [6.45, 7) is 6.41. The monoisotopic (exact) mass is 338 g/mol. The molecule has 1 saturated carbocycles. The lowest BCUT2D eigenvalue weighted by Crippen LogP contribution is -2.56. The van der Waals surface area contributed by atoms with E-state index in [-0.39, 0.29) is 5.54 Å². The lowest BCUT2D eigenvalue weighted by molar-refractivity contribution is 0.0688. The molecule has 0 amide bonds. The molecule has 1 unspecified atom stereocenters. The summed E-state index contributed by atoms with van der Waals surface area (Å²) in [7, 11) is 0. The fourth-order valence-corrected chi connectivity index (χ4v) is 3.89. The topological polar surface area (TPSA) is 29.3 Å². The number of likely N-dealkylation sites (N-methyl/N-ethyl adjacent to an activating group) is 1. The first kappa shape index (κ1) is 16.0. The minimum absolute atomic E-state index is 0.0670. The molecule has 1 atom stereocenters. The van der Waals surface area contributed by atoms with E-state index in [9.17, 15) is 0 Å². The van der Waals surface area contributed by atoms with Crippen LogP contribution >= 0.6 is 15.9 Å². The molecule has 1 aliphatic rings. The van der Waals surface area contributed by atoms with Crippen LogP contribution in [0.25, 0.3) is 0 Å².